The highest BCUT2D eigenvalue weighted by Crippen LogP contribution is 2.24. The van der Waals surface area contributed by atoms with Gasteiger partial charge in [-0.05, 0) is 25.7 Å². The molecule has 0 saturated carbocycles. The Hall–Kier alpha value is -1.12. The van der Waals surface area contributed by atoms with E-state index in [0.29, 0.717) is 6.61 Å². The van der Waals surface area contributed by atoms with Crippen LogP contribution in [0.15, 0.2) is 17.7 Å². The molecule has 139 valence electrons. The summed E-state index contributed by atoms with van der Waals surface area (Å²) in [6, 6.07) is 0. The van der Waals surface area contributed by atoms with Crippen molar-refractivity contribution in [3.63, 3.8) is 0 Å². The van der Waals surface area contributed by atoms with Crippen molar-refractivity contribution in [2.45, 2.75) is 79.1 Å². The molecule has 1 heterocycles. The van der Waals surface area contributed by atoms with Gasteiger partial charge in [0, 0.05) is 32.3 Å². The highest BCUT2D eigenvalue weighted by atomic mass is 16.5. The summed E-state index contributed by atoms with van der Waals surface area (Å²) in [6.45, 7) is 14.2. The van der Waals surface area contributed by atoms with Crippen LogP contribution in [0.25, 0.3) is 0 Å². The van der Waals surface area contributed by atoms with E-state index in [2.05, 4.69) is 43.6 Å². The first-order valence-corrected chi connectivity index (χ1v) is 10.2. The second-order valence-corrected chi connectivity index (χ2v) is 6.73. The molecule has 3 nitrogen and oxygen atoms in total. The fourth-order valence-electron chi connectivity index (χ4n) is 2.96. The highest BCUT2D eigenvalue weighted by Gasteiger charge is 2.21. The zero-order chi connectivity index (χ0) is 17.6. The fourth-order valence-corrected chi connectivity index (χ4v) is 2.96. The molecule has 0 N–H and O–H groups in total. The molecule has 0 spiro atoms. The van der Waals surface area contributed by atoms with Gasteiger partial charge in [-0.25, -0.2) is 0 Å². The van der Waals surface area contributed by atoms with E-state index in [1.54, 1.807) is 0 Å². The summed E-state index contributed by atoms with van der Waals surface area (Å²) in [4.78, 5) is 5.08. The minimum absolute atomic E-state index is 0.586. The van der Waals surface area contributed by atoms with Crippen molar-refractivity contribution in [1.82, 2.24) is 9.80 Å². The van der Waals surface area contributed by atoms with Crippen molar-refractivity contribution in [3.05, 3.63) is 23.7 Å². The van der Waals surface area contributed by atoms with Gasteiger partial charge in [0.05, 0.1) is 11.4 Å². The number of rotatable bonds is 14. The Morgan fingerprint density at radius 2 is 1.25 bits per heavy atom. The van der Waals surface area contributed by atoms with Crippen molar-refractivity contribution in [1.29, 1.82) is 0 Å². The van der Waals surface area contributed by atoms with Crippen LogP contribution in [0.2, 0.25) is 0 Å². The lowest BCUT2D eigenvalue weighted by molar-refractivity contribution is 0.218. The van der Waals surface area contributed by atoms with Crippen molar-refractivity contribution in [2.24, 2.45) is 0 Å². The molecular formula is C21H39N2O. The third-order valence-corrected chi connectivity index (χ3v) is 4.54. The van der Waals surface area contributed by atoms with Crippen LogP contribution in [0.1, 0.15) is 79.1 Å². The van der Waals surface area contributed by atoms with Gasteiger partial charge in [0.1, 0.15) is 12.9 Å². The minimum atomic E-state index is 0.586. The first kappa shape index (κ1) is 20.9. The molecule has 1 rings (SSSR count). The Morgan fingerprint density at radius 1 is 0.792 bits per heavy atom. The van der Waals surface area contributed by atoms with E-state index >= 15 is 0 Å². The number of hydrogen-bond acceptors (Lipinski definition) is 3. The molecular weight excluding hydrogens is 296 g/mol. The van der Waals surface area contributed by atoms with E-state index in [1.807, 2.05) is 6.26 Å². The standard InChI is InChI=1S/C21H39N2O/c1-5-9-14-22(15-10-6-2)20-13-18-24-19-21(20)23(16-11-7-3)17-12-8-4/h19H,5-12,14-18H2,1-4H3. The smallest absolute Gasteiger partial charge is 0.115 e. The van der Waals surface area contributed by atoms with Gasteiger partial charge in [-0.15, -0.1) is 0 Å². The summed E-state index contributed by atoms with van der Waals surface area (Å²) < 4.78 is 5.65. The lowest BCUT2D eigenvalue weighted by atomic mass is 10.1. The van der Waals surface area contributed by atoms with E-state index in [9.17, 15) is 0 Å². The fraction of sp³-hybridized carbons (Fsp3) is 0.810. The minimum Gasteiger partial charge on any atom is -0.494 e. The lowest BCUT2D eigenvalue weighted by Gasteiger charge is -2.36. The first-order valence-electron chi connectivity index (χ1n) is 10.2. The first-order chi connectivity index (χ1) is 11.8. The van der Waals surface area contributed by atoms with Gasteiger partial charge < -0.3 is 14.5 Å². The largest absolute Gasteiger partial charge is 0.494 e. The monoisotopic (exact) mass is 335 g/mol. The molecule has 0 aromatic heterocycles. The summed E-state index contributed by atoms with van der Waals surface area (Å²) in [7, 11) is 0. The van der Waals surface area contributed by atoms with Crippen LogP contribution in [0.5, 0.6) is 0 Å². The van der Waals surface area contributed by atoms with Crippen LogP contribution in [-0.4, -0.2) is 42.6 Å². The highest BCUT2D eigenvalue weighted by molar-refractivity contribution is 5.27. The summed E-state index contributed by atoms with van der Waals surface area (Å²) in [6.07, 6.45) is 15.4. The Labute approximate surface area is 150 Å². The summed E-state index contributed by atoms with van der Waals surface area (Å²) in [5.74, 6) is 0. The molecule has 1 aliphatic rings. The SMILES string of the molecule is CCCCN(CCCC)C1=[C]COC=C1N(CCCC)CCCC. The quantitative estimate of drug-likeness (QED) is 0.425. The number of unbranched alkanes of at least 4 members (excludes halogenated alkanes) is 4. The molecule has 0 aromatic rings. The van der Waals surface area contributed by atoms with Gasteiger partial charge in [-0.3, -0.25) is 0 Å². The van der Waals surface area contributed by atoms with Gasteiger partial charge >= 0.3 is 0 Å². The Bertz CT molecular complexity index is 324. The molecule has 3 heteroatoms. The van der Waals surface area contributed by atoms with E-state index in [-0.39, 0.29) is 0 Å². The summed E-state index contributed by atoms with van der Waals surface area (Å²) in [5, 5.41) is 0. The van der Waals surface area contributed by atoms with Crippen molar-refractivity contribution in [3.8, 4) is 0 Å². The Kier molecular flexibility index (Phi) is 11.5. The van der Waals surface area contributed by atoms with E-state index in [1.165, 1.54) is 62.8 Å². The van der Waals surface area contributed by atoms with Crippen molar-refractivity contribution < 1.29 is 4.74 Å². The molecule has 24 heavy (non-hydrogen) atoms. The van der Waals surface area contributed by atoms with Crippen LogP contribution in [-0.2, 0) is 4.74 Å². The molecule has 0 aliphatic carbocycles. The maximum absolute atomic E-state index is 5.65. The average Bonchev–Trinajstić information content (AvgIpc) is 2.62. The summed E-state index contributed by atoms with van der Waals surface area (Å²) in [5.41, 5.74) is 2.55. The van der Waals surface area contributed by atoms with Crippen LogP contribution >= 0.6 is 0 Å². The zero-order valence-electron chi connectivity index (χ0n) is 16.6. The third-order valence-electron chi connectivity index (χ3n) is 4.54. The molecule has 0 bridgehead atoms. The van der Waals surface area contributed by atoms with E-state index in [4.69, 9.17) is 4.74 Å². The Morgan fingerprint density at radius 3 is 1.71 bits per heavy atom. The Balaban J connectivity index is 2.89. The molecule has 1 radical (unpaired) electrons. The van der Waals surface area contributed by atoms with E-state index in [0.717, 1.165) is 26.2 Å². The maximum atomic E-state index is 5.65. The number of ether oxygens (including phenoxy) is 1. The van der Waals surface area contributed by atoms with Gasteiger partial charge in [0.15, 0.2) is 0 Å². The molecule has 0 aromatic carbocycles. The summed E-state index contributed by atoms with van der Waals surface area (Å²) >= 11 is 0. The lowest BCUT2D eigenvalue weighted by Crippen LogP contribution is -2.35. The third kappa shape index (κ3) is 7.19. The van der Waals surface area contributed by atoms with Gasteiger partial charge in [0.2, 0.25) is 0 Å². The van der Waals surface area contributed by atoms with Crippen LogP contribution < -0.4 is 0 Å². The molecule has 1 aliphatic heterocycles. The second-order valence-electron chi connectivity index (χ2n) is 6.73. The maximum Gasteiger partial charge on any atom is 0.115 e. The number of nitrogens with zero attached hydrogens (tertiary/aromatic N) is 2. The van der Waals surface area contributed by atoms with Crippen molar-refractivity contribution in [2.75, 3.05) is 32.8 Å². The zero-order valence-corrected chi connectivity index (χ0v) is 16.6. The van der Waals surface area contributed by atoms with Crippen LogP contribution in [0.3, 0.4) is 0 Å². The second kappa shape index (κ2) is 13.2. The van der Waals surface area contributed by atoms with Gasteiger partial charge in [0.25, 0.3) is 0 Å². The molecule has 0 fully saturated rings. The molecule has 0 saturated heterocycles. The predicted octanol–water partition coefficient (Wildman–Crippen LogP) is 5.35. The van der Waals surface area contributed by atoms with Gasteiger partial charge in [-0.2, -0.15) is 0 Å². The van der Waals surface area contributed by atoms with Crippen molar-refractivity contribution >= 4 is 0 Å². The topological polar surface area (TPSA) is 15.7 Å². The normalized spacial score (nSPS) is 14.0. The van der Waals surface area contributed by atoms with Crippen LogP contribution in [0.4, 0.5) is 0 Å². The molecule has 0 unspecified atom stereocenters. The van der Waals surface area contributed by atoms with E-state index < -0.39 is 0 Å². The van der Waals surface area contributed by atoms with Crippen LogP contribution in [0, 0.1) is 6.08 Å². The van der Waals surface area contributed by atoms with Gasteiger partial charge in [-0.1, -0.05) is 53.4 Å². The predicted molar refractivity (Wildman–Crippen MR) is 104 cm³/mol. The molecule has 0 atom stereocenters. The number of hydrogen-bond donors (Lipinski definition) is 0. The molecule has 0 amide bonds. The average molecular weight is 336 g/mol.